The minimum atomic E-state index is -0.695. The Balaban J connectivity index is 2.02. The van der Waals surface area contributed by atoms with Crippen molar-refractivity contribution in [1.82, 2.24) is 15.5 Å². The van der Waals surface area contributed by atoms with Gasteiger partial charge in [-0.1, -0.05) is 32.0 Å². The Hall–Kier alpha value is -2.75. The van der Waals surface area contributed by atoms with Gasteiger partial charge in [0.15, 0.2) is 0 Å². The van der Waals surface area contributed by atoms with Crippen LogP contribution in [-0.2, 0) is 14.3 Å². The Bertz CT molecular complexity index is 841. The minimum Gasteiger partial charge on any atom is -0.497 e. The minimum absolute atomic E-state index is 0.0192. The molecule has 0 aliphatic carbocycles. The highest BCUT2D eigenvalue weighted by Gasteiger charge is 2.26. The van der Waals surface area contributed by atoms with Gasteiger partial charge in [-0.3, -0.25) is 4.79 Å². The number of nitrogens with one attached hydrogen (secondary N) is 1. The average Bonchev–Trinajstić information content (AvgIpc) is 3.23. The fourth-order valence-electron chi connectivity index (χ4n) is 2.49. The molecule has 1 N–H and O–H groups in total. The van der Waals surface area contributed by atoms with Crippen LogP contribution in [0.25, 0.3) is 11.5 Å². The molecule has 9 nitrogen and oxygen atoms in total. The van der Waals surface area contributed by atoms with Crippen molar-refractivity contribution in [3.63, 3.8) is 0 Å². The zero-order chi connectivity index (χ0) is 21.4. The monoisotopic (exact) mass is 423 g/mol. The number of carbonyl (C=O) groups is 2. The van der Waals surface area contributed by atoms with E-state index < -0.39 is 12.0 Å². The number of benzene rings is 1. The Labute approximate surface area is 173 Å². The summed E-state index contributed by atoms with van der Waals surface area (Å²) in [5.74, 6) is 0.602. The van der Waals surface area contributed by atoms with Gasteiger partial charge in [0.2, 0.25) is 5.91 Å². The normalized spacial score (nSPS) is 12.7. The molecule has 1 aromatic heterocycles. The van der Waals surface area contributed by atoms with Gasteiger partial charge >= 0.3 is 5.97 Å². The van der Waals surface area contributed by atoms with Gasteiger partial charge in [-0.15, -0.1) is 10.2 Å². The summed E-state index contributed by atoms with van der Waals surface area (Å²) < 4.78 is 20.9. The maximum absolute atomic E-state index is 12.3. The van der Waals surface area contributed by atoms with Crippen LogP contribution in [0.2, 0.25) is 0 Å². The Morgan fingerprint density at radius 2 is 1.97 bits per heavy atom. The molecule has 0 saturated heterocycles. The van der Waals surface area contributed by atoms with Gasteiger partial charge in [0.05, 0.1) is 32.6 Å². The largest absolute Gasteiger partial charge is 0.497 e. The summed E-state index contributed by atoms with van der Waals surface area (Å²) in [6.45, 7) is 3.82. The SMILES string of the molecule is CC[C@H](C)[C@@H](NC(=O)CSc1nnc(-c2ccc(OC)cc2OC)o1)C(=O)OC. The van der Waals surface area contributed by atoms with Crippen molar-refractivity contribution in [2.75, 3.05) is 27.1 Å². The van der Waals surface area contributed by atoms with E-state index in [0.29, 0.717) is 17.1 Å². The van der Waals surface area contributed by atoms with Crippen LogP contribution in [-0.4, -0.2) is 55.2 Å². The molecule has 0 aliphatic heterocycles. The maximum Gasteiger partial charge on any atom is 0.328 e. The Morgan fingerprint density at radius 3 is 2.59 bits per heavy atom. The van der Waals surface area contributed by atoms with Crippen molar-refractivity contribution in [1.29, 1.82) is 0 Å². The molecular weight excluding hydrogens is 398 g/mol. The predicted molar refractivity (Wildman–Crippen MR) is 107 cm³/mol. The predicted octanol–water partition coefficient (Wildman–Crippen LogP) is 2.55. The number of carbonyl (C=O) groups excluding carboxylic acids is 2. The quantitative estimate of drug-likeness (QED) is 0.455. The lowest BCUT2D eigenvalue weighted by atomic mass is 9.99. The first-order valence-electron chi connectivity index (χ1n) is 8.99. The zero-order valence-corrected chi connectivity index (χ0v) is 17.9. The first kappa shape index (κ1) is 22.5. The lowest BCUT2D eigenvalue weighted by Gasteiger charge is -2.21. The van der Waals surface area contributed by atoms with E-state index in [1.165, 1.54) is 14.2 Å². The highest BCUT2D eigenvalue weighted by Crippen LogP contribution is 2.33. The van der Waals surface area contributed by atoms with E-state index in [0.717, 1.165) is 18.2 Å². The van der Waals surface area contributed by atoms with Crippen LogP contribution >= 0.6 is 11.8 Å². The number of rotatable bonds is 10. The van der Waals surface area contributed by atoms with Crippen molar-refractivity contribution in [2.24, 2.45) is 5.92 Å². The zero-order valence-electron chi connectivity index (χ0n) is 17.1. The number of thioether (sulfide) groups is 1. The van der Waals surface area contributed by atoms with Gasteiger partial charge < -0.3 is 23.9 Å². The van der Waals surface area contributed by atoms with Gasteiger partial charge in [0.1, 0.15) is 17.5 Å². The van der Waals surface area contributed by atoms with Gasteiger partial charge in [-0.25, -0.2) is 4.79 Å². The fourth-order valence-corrected chi connectivity index (χ4v) is 3.07. The van der Waals surface area contributed by atoms with Gasteiger partial charge in [0, 0.05) is 6.07 Å². The van der Waals surface area contributed by atoms with Crippen molar-refractivity contribution in [3.05, 3.63) is 18.2 Å². The number of methoxy groups -OCH3 is 3. The molecule has 2 atom stereocenters. The molecule has 1 heterocycles. The third kappa shape index (κ3) is 5.86. The molecule has 29 heavy (non-hydrogen) atoms. The van der Waals surface area contributed by atoms with Crippen LogP contribution in [0.3, 0.4) is 0 Å². The summed E-state index contributed by atoms with van der Waals surface area (Å²) in [7, 11) is 4.39. The maximum atomic E-state index is 12.3. The molecule has 2 rings (SSSR count). The van der Waals surface area contributed by atoms with Crippen LogP contribution in [0.5, 0.6) is 11.5 Å². The average molecular weight is 423 g/mol. The van der Waals surface area contributed by atoms with Gasteiger partial charge in [-0.2, -0.15) is 0 Å². The topological polar surface area (TPSA) is 113 Å². The van der Waals surface area contributed by atoms with E-state index >= 15 is 0 Å². The second-order valence-corrected chi connectivity index (χ2v) is 7.11. The molecule has 0 spiro atoms. The third-order valence-electron chi connectivity index (χ3n) is 4.36. The molecule has 2 aromatic rings. The molecule has 0 fully saturated rings. The Kier molecular flexibility index (Phi) is 8.32. The van der Waals surface area contributed by atoms with Crippen molar-refractivity contribution < 1.29 is 28.2 Å². The number of aromatic nitrogens is 2. The van der Waals surface area contributed by atoms with Crippen LogP contribution in [0.15, 0.2) is 27.8 Å². The van der Waals surface area contributed by atoms with Crippen molar-refractivity contribution in [2.45, 2.75) is 31.5 Å². The van der Waals surface area contributed by atoms with E-state index in [2.05, 4.69) is 15.5 Å². The summed E-state index contributed by atoms with van der Waals surface area (Å²) in [5.41, 5.74) is 0.611. The first-order valence-corrected chi connectivity index (χ1v) is 9.97. The summed E-state index contributed by atoms with van der Waals surface area (Å²) in [6.07, 6.45) is 0.726. The number of hydrogen-bond acceptors (Lipinski definition) is 9. The highest BCUT2D eigenvalue weighted by molar-refractivity contribution is 7.99. The first-order chi connectivity index (χ1) is 13.9. The molecule has 158 valence electrons. The molecule has 0 bridgehead atoms. The molecule has 0 saturated carbocycles. The number of nitrogens with zero attached hydrogens (tertiary/aromatic N) is 2. The third-order valence-corrected chi connectivity index (χ3v) is 5.18. The number of esters is 1. The molecule has 0 unspecified atom stereocenters. The lowest BCUT2D eigenvalue weighted by Crippen LogP contribution is -2.46. The summed E-state index contributed by atoms with van der Waals surface area (Å²) >= 11 is 1.08. The van der Waals surface area contributed by atoms with Gasteiger partial charge in [0.25, 0.3) is 11.1 Å². The Morgan fingerprint density at radius 1 is 1.21 bits per heavy atom. The van der Waals surface area contributed by atoms with E-state index in [4.69, 9.17) is 18.6 Å². The molecule has 1 aromatic carbocycles. The molecule has 0 aliphatic rings. The molecular formula is C19H25N3O6S. The lowest BCUT2D eigenvalue weighted by molar-refractivity contribution is -0.146. The van der Waals surface area contributed by atoms with Crippen LogP contribution in [0.1, 0.15) is 20.3 Å². The van der Waals surface area contributed by atoms with Crippen LogP contribution in [0, 0.1) is 5.92 Å². The summed E-state index contributed by atoms with van der Waals surface area (Å²) in [6, 6.07) is 4.52. The standard InChI is InChI=1S/C19H25N3O6S/c1-6-11(2)16(18(24)27-5)20-15(23)10-29-19-22-21-17(28-19)13-8-7-12(25-3)9-14(13)26-4/h7-9,11,16H,6,10H2,1-5H3,(H,20,23)/t11-,16+/m0/s1. The summed E-state index contributed by atoms with van der Waals surface area (Å²) in [5, 5.41) is 10.9. The van der Waals surface area contributed by atoms with E-state index in [1.807, 2.05) is 13.8 Å². The number of hydrogen-bond donors (Lipinski definition) is 1. The number of ether oxygens (including phenoxy) is 3. The van der Waals surface area contributed by atoms with E-state index in [1.54, 1.807) is 25.3 Å². The van der Waals surface area contributed by atoms with E-state index in [-0.39, 0.29) is 28.7 Å². The fraction of sp³-hybridized carbons (Fsp3) is 0.474. The molecule has 1 amide bonds. The van der Waals surface area contributed by atoms with Crippen LogP contribution < -0.4 is 14.8 Å². The van der Waals surface area contributed by atoms with Crippen molar-refractivity contribution >= 4 is 23.6 Å². The second kappa shape index (κ2) is 10.7. The molecule has 0 radical (unpaired) electrons. The van der Waals surface area contributed by atoms with Gasteiger partial charge in [-0.05, 0) is 18.1 Å². The van der Waals surface area contributed by atoms with Crippen molar-refractivity contribution in [3.8, 4) is 23.0 Å². The van der Waals surface area contributed by atoms with Crippen LogP contribution in [0.4, 0.5) is 0 Å². The smallest absolute Gasteiger partial charge is 0.328 e. The highest BCUT2D eigenvalue weighted by atomic mass is 32.2. The molecule has 10 heteroatoms. The van der Waals surface area contributed by atoms with E-state index in [9.17, 15) is 9.59 Å². The summed E-state index contributed by atoms with van der Waals surface area (Å²) in [4.78, 5) is 24.1. The number of amides is 1. The second-order valence-electron chi connectivity index (χ2n) is 6.18.